The molecule has 1 aliphatic rings. The van der Waals surface area contributed by atoms with E-state index in [0.717, 1.165) is 32.6 Å². The second kappa shape index (κ2) is 7.77. The second-order valence-corrected chi connectivity index (χ2v) is 6.17. The van der Waals surface area contributed by atoms with Crippen molar-refractivity contribution in [2.45, 2.75) is 13.3 Å². The van der Waals surface area contributed by atoms with Crippen molar-refractivity contribution < 1.29 is 0 Å². The van der Waals surface area contributed by atoms with Crippen molar-refractivity contribution in [1.82, 2.24) is 0 Å². The number of para-hydroxylation sites is 4. The van der Waals surface area contributed by atoms with Crippen molar-refractivity contribution in [2.24, 2.45) is 5.92 Å². The summed E-state index contributed by atoms with van der Waals surface area (Å²) in [5.41, 5.74) is 4.74. The summed E-state index contributed by atoms with van der Waals surface area (Å²) in [5, 5.41) is 14.2. The highest BCUT2D eigenvalue weighted by atomic mass is 15.0. The molecule has 0 atom stereocenters. The Morgan fingerprint density at radius 3 is 1.48 bits per heavy atom. The number of nitrogens with one attached hydrogen (secondary N) is 4. The molecule has 0 aromatic heterocycles. The monoisotopic (exact) mass is 310 g/mol. The highest BCUT2D eigenvalue weighted by Gasteiger charge is 2.07. The molecule has 0 bridgehead atoms. The van der Waals surface area contributed by atoms with Crippen LogP contribution in [0.15, 0.2) is 48.5 Å². The van der Waals surface area contributed by atoms with Gasteiger partial charge in [-0.25, -0.2) is 0 Å². The van der Waals surface area contributed by atoms with Gasteiger partial charge in [0.25, 0.3) is 0 Å². The lowest BCUT2D eigenvalue weighted by molar-refractivity contribution is 0.649. The van der Waals surface area contributed by atoms with Crippen molar-refractivity contribution >= 4 is 22.7 Å². The molecule has 1 aliphatic heterocycles. The summed E-state index contributed by atoms with van der Waals surface area (Å²) < 4.78 is 0. The number of anilines is 4. The molecular weight excluding hydrogens is 284 g/mol. The molecule has 0 saturated carbocycles. The van der Waals surface area contributed by atoms with Gasteiger partial charge in [0.1, 0.15) is 0 Å². The molecule has 4 nitrogen and oxygen atoms in total. The number of fused-ring (bicyclic) bond motifs is 2. The molecule has 0 saturated heterocycles. The van der Waals surface area contributed by atoms with Gasteiger partial charge in [0.15, 0.2) is 0 Å². The van der Waals surface area contributed by atoms with Gasteiger partial charge in [0.2, 0.25) is 0 Å². The Morgan fingerprint density at radius 1 is 0.652 bits per heavy atom. The first-order chi connectivity index (χ1) is 11.3. The molecule has 4 heteroatoms. The molecule has 23 heavy (non-hydrogen) atoms. The Morgan fingerprint density at radius 2 is 1.04 bits per heavy atom. The van der Waals surface area contributed by atoms with Crippen LogP contribution >= 0.6 is 0 Å². The SMILES string of the molecule is CC1CNc2ccccc2NCCCNc2ccccc2NC1. The molecule has 4 N–H and O–H groups in total. The van der Waals surface area contributed by atoms with Gasteiger partial charge < -0.3 is 21.3 Å². The number of rotatable bonds is 0. The van der Waals surface area contributed by atoms with E-state index >= 15 is 0 Å². The molecule has 1 heterocycles. The Bertz CT molecular complexity index is 573. The maximum atomic E-state index is 3.57. The fourth-order valence-corrected chi connectivity index (χ4v) is 2.76. The number of hydrogen-bond acceptors (Lipinski definition) is 4. The second-order valence-electron chi connectivity index (χ2n) is 6.17. The lowest BCUT2D eigenvalue weighted by atomic mass is 10.1. The molecule has 0 aliphatic carbocycles. The minimum absolute atomic E-state index is 0.527. The Balaban J connectivity index is 1.72. The summed E-state index contributed by atoms with van der Waals surface area (Å²) in [7, 11) is 0. The normalized spacial score (nSPS) is 16.4. The van der Waals surface area contributed by atoms with Crippen LogP contribution in [0.4, 0.5) is 22.7 Å². The van der Waals surface area contributed by atoms with Gasteiger partial charge in [-0.05, 0) is 36.6 Å². The standard InChI is InChI=1S/C19H26N4/c1-15-13-22-18-9-4-2-7-16(18)20-11-6-12-21-17-8-3-5-10-19(17)23-14-15/h2-5,7-10,15,20-23H,6,11-14H2,1H3. The summed E-state index contributed by atoms with van der Waals surface area (Å²) in [6.45, 7) is 6.06. The van der Waals surface area contributed by atoms with Crippen LogP contribution in [-0.4, -0.2) is 26.2 Å². The molecule has 0 amide bonds. The van der Waals surface area contributed by atoms with E-state index in [2.05, 4.69) is 76.7 Å². The third-order valence-corrected chi connectivity index (χ3v) is 4.12. The third-order valence-electron chi connectivity index (χ3n) is 4.12. The maximum absolute atomic E-state index is 3.57. The predicted molar refractivity (Wildman–Crippen MR) is 101 cm³/mol. The molecular formula is C19H26N4. The lowest BCUT2D eigenvalue weighted by Crippen LogP contribution is -2.21. The van der Waals surface area contributed by atoms with Crippen LogP contribution in [0.3, 0.4) is 0 Å². The largest absolute Gasteiger partial charge is 0.383 e. The summed E-state index contributed by atoms with van der Waals surface area (Å²) >= 11 is 0. The molecule has 0 radical (unpaired) electrons. The van der Waals surface area contributed by atoms with E-state index in [0.29, 0.717) is 5.92 Å². The predicted octanol–water partition coefficient (Wildman–Crippen LogP) is 4.07. The van der Waals surface area contributed by atoms with Crippen LogP contribution in [-0.2, 0) is 0 Å². The van der Waals surface area contributed by atoms with E-state index in [1.807, 2.05) is 0 Å². The van der Waals surface area contributed by atoms with Crippen LogP contribution < -0.4 is 21.3 Å². The van der Waals surface area contributed by atoms with E-state index in [4.69, 9.17) is 0 Å². The molecule has 2 aromatic rings. The Hall–Kier alpha value is -2.36. The highest BCUT2D eigenvalue weighted by Crippen LogP contribution is 2.23. The van der Waals surface area contributed by atoms with E-state index in [9.17, 15) is 0 Å². The van der Waals surface area contributed by atoms with Gasteiger partial charge >= 0.3 is 0 Å². The zero-order valence-electron chi connectivity index (χ0n) is 13.7. The van der Waals surface area contributed by atoms with E-state index in [-0.39, 0.29) is 0 Å². The maximum Gasteiger partial charge on any atom is 0.0576 e. The fraction of sp³-hybridized carbons (Fsp3) is 0.368. The lowest BCUT2D eigenvalue weighted by Gasteiger charge is -2.20. The first-order valence-corrected chi connectivity index (χ1v) is 8.46. The number of benzene rings is 2. The summed E-state index contributed by atoms with van der Waals surface area (Å²) in [6.07, 6.45) is 1.07. The van der Waals surface area contributed by atoms with Crippen molar-refractivity contribution in [3.63, 3.8) is 0 Å². The van der Waals surface area contributed by atoms with Gasteiger partial charge in [-0.1, -0.05) is 31.2 Å². The quantitative estimate of drug-likeness (QED) is 0.592. The van der Waals surface area contributed by atoms with Gasteiger partial charge in [0.05, 0.1) is 22.7 Å². The topological polar surface area (TPSA) is 48.1 Å². The van der Waals surface area contributed by atoms with E-state index in [1.165, 1.54) is 22.7 Å². The summed E-state index contributed by atoms with van der Waals surface area (Å²) in [6, 6.07) is 16.9. The molecule has 2 aromatic carbocycles. The molecule has 3 rings (SSSR count). The minimum Gasteiger partial charge on any atom is -0.383 e. The summed E-state index contributed by atoms with van der Waals surface area (Å²) in [5.74, 6) is 0.527. The first kappa shape index (κ1) is 15.5. The van der Waals surface area contributed by atoms with Crippen LogP contribution in [0.1, 0.15) is 13.3 Å². The average molecular weight is 310 g/mol. The van der Waals surface area contributed by atoms with Gasteiger partial charge in [-0.3, -0.25) is 0 Å². The smallest absolute Gasteiger partial charge is 0.0576 e. The van der Waals surface area contributed by atoms with E-state index in [1.54, 1.807) is 0 Å². The third kappa shape index (κ3) is 4.31. The van der Waals surface area contributed by atoms with Crippen molar-refractivity contribution in [3.8, 4) is 0 Å². The summed E-state index contributed by atoms with van der Waals surface area (Å²) in [4.78, 5) is 0. The fourth-order valence-electron chi connectivity index (χ4n) is 2.76. The van der Waals surface area contributed by atoms with E-state index < -0.39 is 0 Å². The molecule has 0 spiro atoms. The van der Waals surface area contributed by atoms with Crippen molar-refractivity contribution in [3.05, 3.63) is 48.5 Å². The number of hydrogen-bond donors (Lipinski definition) is 4. The van der Waals surface area contributed by atoms with Crippen molar-refractivity contribution in [2.75, 3.05) is 47.4 Å². The zero-order chi connectivity index (χ0) is 15.9. The van der Waals surface area contributed by atoms with Crippen LogP contribution in [0.25, 0.3) is 0 Å². The highest BCUT2D eigenvalue weighted by molar-refractivity contribution is 5.69. The van der Waals surface area contributed by atoms with Gasteiger partial charge in [-0.2, -0.15) is 0 Å². The minimum atomic E-state index is 0.527. The van der Waals surface area contributed by atoms with Crippen LogP contribution in [0, 0.1) is 5.92 Å². The van der Waals surface area contributed by atoms with Gasteiger partial charge in [0, 0.05) is 26.2 Å². The van der Waals surface area contributed by atoms with Crippen LogP contribution in [0.2, 0.25) is 0 Å². The molecule has 0 unspecified atom stereocenters. The Kier molecular flexibility index (Phi) is 5.25. The average Bonchev–Trinajstić information content (AvgIpc) is 2.59. The van der Waals surface area contributed by atoms with Crippen LogP contribution in [0.5, 0.6) is 0 Å². The molecule has 0 fully saturated rings. The zero-order valence-corrected chi connectivity index (χ0v) is 13.7. The molecule has 122 valence electrons. The van der Waals surface area contributed by atoms with Gasteiger partial charge in [-0.15, -0.1) is 0 Å². The van der Waals surface area contributed by atoms with Crippen molar-refractivity contribution in [1.29, 1.82) is 0 Å². The Labute approximate surface area is 138 Å². The first-order valence-electron chi connectivity index (χ1n) is 8.46.